The molecule has 1 heterocycles. The van der Waals surface area contributed by atoms with Crippen molar-refractivity contribution in [1.29, 1.82) is 0 Å². The Balaban J connectivity index is 2.46. The SMILES string of the molecule is CCNC(c1ccncc1F)c1ccccc1OC(F)F. The van der Waals surface area contributed by atoms with Crippen molar-refractivity contribution in [2.75, 3.05) is 6.54 Å². The Hall–Kier alpha value is -2.08. The Morgan fingerprint density at radius 3 is 2.62 bits per heavy atom. The van der Waals surface area contributed by atoms with Gasteiger partial charge in [0.05, 0.1) is 12.2 Å². The second-order valence-electron chi connectivity index (χ2n) is 4.30. The van der Waals surface area contributed by atoms with Crippen LogP contribution in [-0.4, -0.2) is 18.1 Å². The molecule has 0 aliphatic rings. The number of hydrogen-bond acceptors (Lipinski definition) is 3. The van der Waals surface area contributed by atoms with Crippen LogP contribution in [0.5, 0.6) is 5.75 Å². The third kappa shape index (κ3) is 3.72. The molecule has 2 aromatic rings. The first-order chi connectivity index (χ1) is 10.1. The number of alkyl halides is 2. The Bertz CT molecular complexity index is 593. The van der Waals surface area contributed by atoms with Gasteiger partial charge < -0.3 is 10.1 Å². The van der Waals surface area contributed by atoms with Crippen LogP contribution in [0.4, 0.5) is 13.2 Å². The average molecular weight is 296 g/mol. The van der Waals surface area contributed by atoms with Gasteiger partial charge in [0.15, 0.2) is 0 Å². The summed E-state index contributed by atoms with van der Waals surface area (Å²) in [4.78, 5) is 3.70. The maximum Gasteiger partial charge on any atom is 0.387 e. The fraction of sp³-hybridized carbons (Fsp3) is 0.267. The van der Waals surface area contributed by atoms with Gasteiger partial charge in [0.1, 0.15) is 11.6 Å². The highest BCUT2D eigenvalue weighted by molar-refractivity contribution is 5.41. The summed E-state index contributed by atoms with van der Waals surface area (Å²) in [5.41, 5.74) is 0.780. The first kappa shape index (κ1) is 15.3. The first-order valence-corrected chi connectivity index (χ1v) is 6.50. The minimum absolute atomic E-state index is 0.0228. The number of benzene rings is 1. The van der Waals surface area contributed by atoms with E-state index in [9.17, 15) is 13.2 Å². The molecule has 0 radical (unpaired) electrons. The predicted molar refractivity (Wildman–Crippen MR) is 72.8 cm³/mol. The molecule has 0 aliphatic heterocycles. The molecule has 0 amide bonds. The Morgan fingerprint density at radius 2 is 1.95 bits per heavy atom. The quantitative estimate of drug-likeness (QED) is 0.885. The summed E-state index contributed by atoms with van der Waals surface area (Å²) in [5, 5.41) is 3.08. The lowest BCUT2D eigenvalue weighted by molar-refractivity contribution is -0.0506. The topological polar surface area (TPSA) is 34.2 Å². The predicted octanol–water partition coefficient (Wildman–Crippen LogP) is 3.52. The molecule has 1 N–H and O–H groups in total. The van der Waals surface area contributed by atoms with Crippen LogP contribution in [0.2, 0.25) is 0 Å². The van der Waals surface area contributed by atoms with E-state index in [-0.39, 0.29) is 5.75 Å². The van der Waals surface area contributed by atoms with Crippen molar-refractivity contribution in [2.45, 2.75) is 19.6 Å². The van der Waals surface area contributed by atoms with E-state index >= 15 is 0 Å². The van der Waals surface area contributed by atoms with Crippen LogP contribution in [0.1, 0.15) is 24.1 Å². The van der Waals surface area contributed by atoms with Crippen LogP contribution in [0.15, 0.2) is 42.7 Å². The van der Waals surface area contributed by atoms with E-state index in [0.717, 1.165) is 6.20 Å². The highest BCUT2D eigenvalue weighted by Gasteiger charge is 2.21. The molecule has 21 heavy (non-hydrogen) atoms. The van der Waals surface area contributed by atoms with Crippen molar-refractivity contribution < 1.29 is 17.9 Å². The zero-order valence-corrected chi connectivity index (χ0v) is 11.4. The maximum atomic E-state index is 14.0. The third-order valence-electron chi connectivity index (χ3n) is 2.97. The van der Waals surface area contributed by atoms with Gasteiger partial charge in [-0.05, 0) is 18.7 Å². The summed E-state index contributed by atoms with van der Waals surface area (Å²) in [6.45, 7) is -0.548. The van der Waals surface area contributed by atoms with Crippen LogP contribution >= 0.6 is 0 Å². The highest BCUT2D eigenvalue weighted by atomic mass is 19.3. The Kier molecular flexibility index (Phi) is 5.16. The molecule has 6 heteroatoms. The molecule has 0 bridgehead atoms. The highest BCUT2D eigenvalue weighted by Crippen LogP contribution is 2.31. The molecule has 3 nitrogen and oxygen atoms in total. The van der Waals surface area contributed by atoms with E-state index in [1.165, 1.54) is 18.3 Å². The molecular formula is C15H15F3N2O. The average Bonchev–Trinajstić information content (AvgIpc) is 2.46. The summed E-state index contributed by atoms with van der Waals surface area (Å²) < 4.78 is 43.5. The lowest BCUT2D eigenvalue weighted by Gasteiger charge is -2.22. The van der Waals surface area contributed by atoms with Gasteiger partial charge in [-0.25, -0.2) is 4.39 Å². The van der Waals surface area contributed by atoms with Crippen molar-refractivity contribution in [3.63, 3.8) is 0 Å². The molecular weight excluding hydrogens is 281 g/mol. The van der Waals surface area contributed by atoms with Crippen molar-refractivity contribution in [3.05, 3.63) is 59.7 Å². The molecule has 1 aromatic carbocycles. The molecule has 0 spiro atoms. The second-order valence-corrected chi connectivity index (χ2v) is 4.30. The summed E-state index contributed by atoms with van der Waals surface area (Å²) in [7, 11) is 0. The van der Waals surface area contributed by atoms with Gasteiger partial charge in [-0.1, -0.05) is 25.1 Å². The number of para-hydroxylation sites is 1. The number of aromatic nitrogens is 1. The molecule has 0 saturated carbocycles. The number of ether oxygens (including phenoxy) is 1. The lowest BCUT2D eigenvalue weighted by Crippen LogP contribution is -2.24. The van der Waals surface area contributed by atoms with Crippen LogP contribution in [-0.2, 0) is 0 Å². The van der Waals surface area contributed by atoms with Crippen molar-refractivity contribution in [1.82, 2.24) is 10.3 Å². The number of nitrogens with one attached hydrogen (secondary N) is 1. The third-order valence-corrected chi connectivity index (χ3v) is 2.97. The second kappa shape index (κ2) is 7.08. The monoisotopic (exact) mass is 296 g/mol. The summed E-state index contributed by atoms with van der Waals surface area (Å²) in [6, 6.07) is 7.27. The fourth-order valence-electron chi connectivity index (χ4n) is 2.13. The molecule has 1 aromatic heterocycles. The van der Waals surface area contributed by atoms with Crippen LogP contribution in [0.25, 0.3) is 0 Å². The largest absolute Gasteiger partial charge is 0.434 e. The summed E-state index contributed by atoms with van der Waals surface area (Å²) in [5.74, 6) is -0.482. The zero-order valence-electron chi connectivity index (χ0n) is 11.4. The molecule has 0 saturated heterocycles. The number of halogens is 3. The first-order valence-electron chi connectivity index (χ1n) is 6.50. The van der Waals surface area contributed by atoms with Gasteiger partial charge in [0.25, 0.3) is 0 Å². The smallest absolute Gasteiger partial charge is 0.387 e. The van der Waals surface area contributed by atoms with E-state index in [1.54, 1.807) is 18.2 Å². The number of nitrogens with zero attached hydrogens (tertiary/aromatic N) is 1. The maximum absolute atomic E-state index is 14.0. The standard InChI is InChI=1S/C15H15F3N2O/c1-2-20-14(10-7-8-19-9-12(10)16)11-5-3-4-6-13(11)21-15(17)18/h3-9,14-15,20H,2H2,1H3. The number of rotatable bonds is 6. The minimum Gasteiger partial charge on any atom is -0.434 e. The van der Waals surface area contributed by atoms with Gasteiger partial charge in [-0.3, -0.25) is 4.98 Å². The lowest BCUT2D eigenvalue weighted by atomic mass is 9.98. The van der Waals surface area contributed by atoms with Gasteiger partial charge in [0.2, 0.25) is 0 Å². The van der Waals surface area contributed by atoms with Crippen molar-refractivity contribution >= 4 is 0 Å². The van der Waals surface area contributed by atoms with E-state index in [4.69, 9.17) is 0 Å². The number of pyridine rings is 1. The van der Waals surface area contributed by atoms with Gasteiger partial charge in [-0.2, -0.15) is 8.78 Å². The van der Waals surface area contributed by atoms with Gasteiger partial charge in [0, 0.05) is 17.3 Å². The van der Waals surface area contributed by atoms with Crippen molar-refractivity contribution in [2.24, 2.45) is 0 Å². The van der Waals surface area contributed by atoms with E-state index in [2.05, 4.69) is 15.0 Å². The number of hydrogen-bond donors (Lipinski definition) is 1. The zero-order chi connectivity index (χ0) is 15.2. The van der Waals surface area contributed by atoms with E-state index < -0.39 is 18.5 Å². The van der Waals surface area contributed by atoms with Crippen LogP contribution < -0.4 is 10.1 Å². The van der Waals surface area contributed by atoms with Gasteiger partial charge >= 0.3 is 6.61 Å². The van der Waals surface area contributed by atoms with Gasteiger partial charge in [-0.15, -0.1) is 0 Å². The normalized spacial score (nSPS) is 12.4. The molecule has 112 valence electrons. The minimum atomic E-state index is -2.93. The summed E-state index contributed by atoms with van der Waals surface area (Å²) in [6.07, 6.45) is 2.55. The Labute approximate surface area is 120 Å². The fourth-order valence-corrected chi connectivity index (χ4v) is 2.13. The van der Waals surface area contributed by atoms with Crippen LogP contribution in [0, 0.1) is 5.82 Å². The molecule has 1 unspecified atom stereocenters. The van der Waals surface area contributed by atoms with Crippen LogP contribution in [0.3, 0.4) is 0 Å². The molecule has 1 atom stereocenters. The molecule has 0 aliphatic carbocycles. The summed E-state index contributed by atoms with van der Waals surface area (Å²) >= 11 is 0. The van der Waals surface area contributed by atoms with E-state index in [0.29, 0.717) is 17.7 Å². The van der Waals surface area contributed by atoms with Crippen molar-refractivity contribution in [3.8, 4) is 5.75 Å². The Morgan fingerprint density at radius 1 is 1.19 bits per heavy atom. The molecule has 2 rings (SSSR count). The molecule has 0 fully saturated rings. The van der Waals surface area contributed by atoms with E-state index in [1.807, 2.05) is 6.92 Å².